The van der Waals surface area contributed by atoms with Crippen molar-refractivity contribution >= 4 is 43.7 Å². The summed E-state index contributed by atoms with van der Waals surface area (Å²) in [4.78, 5) is 5.25. The van der Waals surface area contributed by atoms with Gasteiger partial charge in [-0.25, -0.2) is 0 Å². The maximum Gasteiger partial charge on any atom is 0.0372 e. The molecule has 8 aromatic carbocycles. The minimum Gasteiger partial charge on any atom is -0.372 e. The van der Waals surface area contributed by atoms with E-state index in [1.165, 1.54) is 138 Å². The zero-order chi connectivity index (χ0) is 38.1. The number of benzene rings is 8. The van der Waals surface area contributed by atoms with Gasteiger partial charge in [0.1, 0.15) is 0 Å². The maximum atomic E-state index is 2.63. The lowest BCUT2D eigenvalue weighted by molar-refractivity contribution is 0.578. The molecule has 2 aliphatic heterocycles. The van der Waals surface area contributed by atoms with Crippen molar-refractivity contribution in [2.75, 3.05) is 36.0 Å². The quantitative estimate of drug-likeness (QED) is 0.162. The van der Waals surface area contributed by atoms with Crippen molar-refractivity contribution in [3.05, 3.63) is 157 Å². The third kappa shape index (κ3) is 5.59. The Balaban J connectivity index is 1.22. The Kier molecular flexibility index (Phi) is 8.24. The van der Waals surface area contributed by atoms with Crippen LogP contribution in [0.1, 0.15) is 63.5 Å². The molecule has 2 heterocycles. The van der Waals surface area contributed by atoms with E-state index in [4.69, 9.17) is 0 Å². The minimum absolute atomic E-state index is 0.0649. The highest BCUT2D eigenvalue weighted by Gasteiger charge is 2.35. The molecule has 0 radical (unpaired) electrons. The van der Waals surface area contributed by atoms with E-state index in [9.17, 15) is 0 Å². The van der Waals surface area contributed by atoms with E-state index in [-0.39, 0.29) is 5.41 Å². The summed E-state index contributed by atoms with van der Waals surface area (Å²) in [5.74, 6) is 0. The van der Waals surface area contributed by atoms with Gasteiger partial charge in [0.25, 0.3) is 0 Å². The van der Waals surface area contributed by atoms with Crippen molar-refractivity contribution in [1.82, 2.24) is 0 Å². The number of nitrogens with zero attached hydrogens (tertiary/aromatic N) is 2. The Morgan fingerprint density at radius 1 is 0.368 bits per heavy atom. The second-order valence-electron chi connectivity index (χ2n) is 17.3. The minimum atomic E-state index is -0.0649. The van der Waals surface area contributed by atoms with Crippen molar-refractivity contribution in [2.45, 2.75) is 57.8 Å². The molecule has 3 aliphatic rings. The smallest absolute Gasteiger partial charge is 0.0372 e. The van der Waals surface area contributed by atoms with Crippen molar-refractivity contribution < 1.29 is 0 Å². The van der Waals surface area contributed by atoms with Gasteiger partial charge in [-0.3, -0.25) is 0 Å². The van der Waals surface area contributed by atoms with Crippen LogP contribution in [0.15, 0.2) is 146 Å². The van der Waals surface area contributed by atoms with Gasteiger partial charge in [-0.15, -0.1) is 0 Å². The van der Waals surface area contributed by atoms with E-state index in [1.807, 2.05) is 0 Å². The molecule has 0 spiro atoms. The van der Waals surface area contributed by atoms with Crippen LogP contribution in [-0.2, 0) is 5.41 Å². The third-order valence-electron chi connectivity index (χ3n) is 13.7. The van der Waals surface area contributed by atoms with E-state index in [0.29, 0.717) is 0 Å². The van der Waals surface area contributed by atoms with Gasteiger partial charge in [0.05, 0.1) is 0 Å². The average molecular weight is 739 g/mol. The van der Waals surface area contributed by atoms with Crippen LogP contribution >= 0.6 is 0 Å². The van der Waals surface area contributed by atoms with Gasteiger partial charge in [0, 0.05) is 43.0 Å². The van der Waals surface area contributed by atoms with Crippen molar-refractivity contribution in [3.63, 3.8) is 0 Å². The van der Waals surface area contributed by atoms with Gasteiger partial charge >= 0.3 is 0 Å². The highest BCUT2D eigenvalue weighted by atomic mass is 15.1. The summed E-state index contributed by atoms with van der Waals surface area (Å²) in [6.45, 7) is 9.26. The lowest BCUT2D eigenvalue weighted by Crippen LogP contribution is -2.29. The first-order valence-corrected chi connectivity index (χ1v) is 21.4. The molecule has 0 atom stereocenters. The Hall–Kier alpha value is -5.86. The Bertz CT molecular complexity index is 2840. The van der Waals surface area contributed by atoms with E-state index in [2.05, 4.69) is 169 Å². The number of hydrogen-bond acceptors (Lipinski definition) is 2. The lowest BCUT2D eigenvalue weighted by atomic mass is 9.80. The number of rotatable bonds is 5. The molecule has 1 aliphatic carbocycles. The van der Waals surface area contributed by atoms with Gasteiger partial charge in [-0.2, -0.15) is 0 Å². The highest BCUT2D eigenvalue weighted by molar-refractivity contribution is 6.25. The van der Waals surface area contributed by atoms with Crippen LogP contribution in [0.2, 0.25) is 0 Å². The Morgan fingerprint density at radius 3 is 1.58 bits per heavy atom. The number of fused-ring (bicyclic) bond motifs is 6. The van der Waals surface area contributed by atoms with Crippen LogP contribution in [0, 0.1) is 0 Å². The van der Waals surface area contributed by atoms with Crippen LogP contribution in [0.4, 0.5) is 11.4 Å². The van der Waals surface area contributed by atoms with E-state index in [1.54, 1.807) is 0 Å². The zero-order valence-corrected chi connectivity index (χ0v) is 33.3. The molecule has 11 rings (SSSR count). The highest BCUT2D eigenvalue weighted by Crippen LogP contribution is 2.52. The summed E-state index contributed by atoms with van der Waals surface area (Å²) in [5.41, 5.74) is 16.0. The fourth-order valence-corrected chi connectivity index (χ4v) is 10.8. The van der Waals surface area contributed by atoms with Gasteiger partial charge in [-0.1, -0.05) is 129 Å². The molecular weight excluding hydrogens is 689 g/mol. The van der Waals surface area contributed by atoms with Gasteiger partial charge in [0.2, 0.25) is 0 Å². The number of hydrogen-bond donors (Lipinski definition) is 0. The predicted molar refractivity (Wildman–Crippen MR) is 245 cm³/mol. The van der Waals surface area contributed by atoms with Crippen LogP contribution in [0.25, 0.3) is 76.8 Å². The summed E-state index contributed by atoms with van der Waals surface area (Å²) in [6, 6.07) is 56.1. The van der Waals surface area contributed by atoms with Gasteiger partial charge < -0.3 is 9.80 Å². The fraction of sp³-hybridized carbons (Fsp3) is 0.236. The van der Waals surface area contributed by atoms with Crippen molar-refractivity contribution in [2.24, 2.45) is 0 Å². The summed E-state index contributed by atoms with van der Waals surface area (Å²) in [7, 11) is 0. The number of piperidine rings is 2. The van der Waals surface area contributed by atoms with Crippen LogP contribution in [0.3, 0.4) is 0 Å². The molecule has 0 amide bonds. The maximum absolute atomic E-state index is 2.63. The first-order valence-electron chi connectivity index (χ1n) is 21.4. The second kappa shape index (κ2) is 13.7. The lowest BCUT2D eigenvalue weighted by Gasteiger charge is -2.31. The summed E-state index contributed by atoms with van der Waals surface area (Å²) in [5, 5.41) is 7.91. The number of anilines is 2. The van der Waals surface area contributed by atoms with E-state index >= 15 is 0 Å². The molecular formula is C55H50N2. The monoisotopic (exact) mass is 738 g/mol. The molecule has 0 unspecified atom stereocenters. The van der Waals surface area contributed by atoms with Crippen LogP contribution in [-0.4, -0.2) is 26.2 Å². The topological polar surface area (TPSA) is 6.48 Å². The van der Waals surface area contributed by atoms with Gasteiger partial charge in [-0.05, 0) is 157 Å². The molecule has 2 fully saturated rings. The van der Waals surface area contributed by atoms with Crippen molar-refractivity contribution in [1.29, 1.82) is 0 Å². The predicted octanol–water partition coefficient (Wildman–Crippen LogP) is 14.4. The SMILES string of the molecule is CC1(C)c2ccccc2-c2ccc(-c3ccccc3-c3c4cc(N5CCCCC5)ccc4c(-c4cccc5ccccc45)c4cc(N5CCCCC5)ccc34)cc21. The molecule has 280 valence electrons. The molecule has 8 aromatic rings. The molecule has 2 saturated heterocycles. The molecule has 0 N–H and O–H groups in total. The third-order valence-corrected chi connectivity index (χ3v) is 13.7. The summed E-state index contributed by atoms with van der Waals surface area (Å²) < 4.78 is 0. The van der Waals surface area contributed by atoms with E-state index in [0.717, 1.165) is 26.2 Å². The first kappa shape index (κ1) is 34.4. The second-order valence-corrected chi connectivity index (χ2v) is 17.3. The van der Waals surface area contributed by atoms with E-state index < -0.39 is 0 Å². The largest absolute Gasteiger partial charge is 0.372 e. The zero-order valence-electron chi connectivity index (χ0n) is 33.3. The normalized spacial score (nSPS) is 16.3. The van der Waals surface area contributed by atoms with Crippen molar-refractivity contribution in [3.8, 4) is 44.5 Å². The first-order chi connectivity index (χ1) is 28.0. The Labute approximate surface area is 337 Å². The van der Waals surface area contributed by atoms with Crippen LogP contribution < -0.4 is 9.80 Å². The fourth-order valence-electron chi connectivity index (χ4n) is 10.8. The molecule has 0 aromatic heterocycles. The molecule has 0 bridgehead atoms. The van der Waals surface area contributed by atoms with Crippen LogP contribution in [0.5, 0.6) is 0 Å². The Morgan fingerprint density at radius 2 is 0.895 bits per heavy atom. The molecule has 0 saturated carbocycles. The molecule has 2 heteroatoms. The van der Waals surface area contributed by atoms with Gasteiger partial charge in [0.15, 0.2) is 0 Å². The average Bonchev–Trinajstić information content (AvgIpc) is 3.51. The standard InChI is InChI=1S/C55H50N2/c1-55(2)51-23-10-9-20-43(51)44-27-24-38(34-52(44)55)42-19-7-8-21-45(42)53-47-28-25-40(57-32-13-4-14-33-57)36-50(47)54(46-22-15-17-37-16-5-6-18-41(37)46)48-29-26-39(35-49(48)53)56-30-11-3-12-31-56/h5-10,15-29,34-36H,3-4,11-14,30-33H2,1-2H3. The molecule has 57 heavy (non-hydrogen) atoms. The summed E-state index contributed by atoms with van der Waals surface area (Å²) >= 11 is 0. The molecule has 2 nitrogen and oxygen atoms in total. The summed E-state index contributed by atoms with van der Waals surface area (Å²) in [6.07, 6.45) is 7.66.